The molecule has 0 atom stereocenters. The predicted octanol–water partition coefficient (Wildman–Crippen LogP) is 1.12. The standard InChI is InChI=1S/C10H14ClFN2O2S/c1-13-17(15,16)5-4-14-7-8-2-3-9(12)6-10(8)11/h2-3,6,13-14H,4-5,7H2,1H3. The highest BCUT2D eigenvalue weighted by atomic mass is 35.5. The molecule has 0 bridgehead atoms. The molecule has 1 aromatic carbocycles. The Kier molecular flexibility index (Phi) is 5.32. The number of nitrogens with one attached hydrogen (secondary N) is 2. The first-order valence-electron chi connectivity index (χ1n) is 5.00. The fourth-order valence-electron chi connectivity index (χ4n) is 1.20. The maximum atomic E-state index is 12.7. The van der Waals surface area contributed by atoms with E-state index >= 15 is 0 Å². The van der Waals surface area contributed by atoms with E-state index in [0.29, 0.717) is 18.1 Å². The number of benzene rings is 1. The van der Waals surface area contributed by atoms with Crippen molar-refractivity contribution < 1.29 is 12.8 Å². The van der Waals surface area contributed by atoms with Gasteiger partial charge in [0.25, 0.3) is 0 Å². The lowest BCUT2D eigenvalue weighted by Crippen LogP contribution is -2.29. The molecule has 0 aliphatic heterocycles. The maximum absolute atomic E-state index is 12.7. The molecule has 0 amide bonds. The molecule has 0 heterocycles. The van der Waals surface area contributed by atoms with Crippen molar-refractivity contribution in [3.8, 4) is 0 Å². The fraction of sp³-hybridized carbons (Fsp3) is 0.400. The van der Waals surface area contributed by atoms with Crippen molar-refractivity contribution in [1.82, 2.24) is 10.0 Å². The Balaban J connectivity index is 2.41. The van der Waals surface area contributed by atoms with E-state index in [1.807, 2.05) is 0 Å². The fourth-order valence-corrected chi connectivity index (χ4v) is 2.05. The Hall–Kier alpha value is -0.690. The van der Waals surface area contributed by atoms with E-state index in [0.717, 1.165) is 5.56 Å². The maximum Gasteiger partial charge on any atom is 0.212 e. The van der Waals surface area contributed by atoms with Gasteiger partial charge in [0.2, 0.25) is 10.0 Å². The highest BCUT2D eigenvalue weighted by molar-refractivity contribution is 7.89. The van der Waals surface area contributed by atoms with Crippen LogP contribution in [0.2, 0.25) is 5.02 Å². The van der Waals surface area contributed by atoms with Gasteiger partial charge < -0.3 is 5.32 Å². The zero-order valence-corrected chi connectivity index (χ0v) is 10.9. The Morgan fingerprint density at radius 1 is 1.41 bits per heavy atom. The van der Waals surface area contributed by atoms with Gasteiger partial charge in [0.1, 0.15) is 5.82 Å². The van der Waals surface area contributed by atoms with Gasteiger partial charge in [-0.05, 0) is 24.7 Å². The zero-order chi connectivity index (χ0) is 12.9. The first-order chi connectivity index (χ1) is 7.94. The quantitative estimate of drug-likeness (QED) is 0.768. The first-order valence-corrected chi connectivity index (χ1v) is 7.03. The third kappa shape index (κ3) is 4.99. The van der Waals surface area contributed by atoms with Crippen molar-refractivity contribution in [2.45, 2.75) is 6.54 Å². The number of hydrogen-bond donors (Lipinski definition) is 2. The Labute approximate surface area is 105 Å². The average Bonchev–Trinajstić information content (AvgIpc) is 2.27. The van der Waals surface area contributed by atoms with Gasteiger partial charge in [-0.1, -0.05) is 17.7 Å². The van der Waals surface area contributed by atoms with E-state index < -0.39 is 15.8 Å². The minimum absolute atomic E-state index is 0.0116. The lowest BCUT2D eigenvalue weighted by Gasteiger charge is -2.07. The third-order valence-corrected chi connectivity index (χ3v) is 3.90. The second-order valence-electron chi connectivity index (χ2n) is 3.44. The number of rotatable bonds is 6. The van der Waals surface area contributed by atoms with Crippen molar-refractivity contribution >= 4 is 21.6 Å². The summed E-state index contributed by atoms with van der Waals surface area (Å²) in [5, 5.41) is 3.25. The molecule has 96 valence electrons. The second kappa shape index (κ2) is 6.30. The average molecular weight is 281 g/mol. The summed E-state index contributed by atoms with van der Waals surface area (Å²) in [5.74, 6) is -0.404. The van der Waals surface area contributed by atoms with E-state index in [4.69, 9.17) is 11.6 Å². The van der Waals surface area contributed by atoms with Gasteiger partial charge in [0, 0.05) is 18.1 Å². The highest BCUT2D eigenvalue weighted by Crippen LogP contribution is 2.16. The second-order valence-corrected chi connectivity index (χ2v) is 5.89. The number of sulfonamides is 1. The molecule has 0 aliphatic rings. The van der Waals surface area contributed by atoms with Crippen LogP contribution in [-0.4, -0.2) is 27.8 Å². The monoisotopic (exact) mass is 280 g/mol. The lowest BCUT2D eigenvalue weighted by molar-refractivity contribution is 0.583. The smallest absolute Gasteiger partial charge is 0.212 e. The summed E-state index contributed by atoms with van der Waals surface area (Å²) >= 11 is 5.82. The van der Waals surface area contributed by atoms with Crippen LogP contribution in [0.5, 0.6) is 0 Å². The van der Waals surface area contributed by atoms with Gasteiger partial charge in [-0.2, -0.15) is 0 Å². The molecule has 0 fully saturated rings. The minimum atomic E-state index is -3.20. The molecule has 4 nitrogen and oxygen atoms in total. The number of halogens is 2. The predicted molar refractivity (Wildman–Crippen MR) is 66.0 cm³/mol. The van der Waals surface area contributed by atoms with Crippen LogP contribution in [0.15, 0.2) is 18.2 Å². The summed E-state index contributed by atoms with van der Waals surface area (Å²) in [6, 6.07) is 4.10. The summed E-state index contributed by atoms with van der Waals surface area (Å²) in [5.41, 5.74) is 0.731. The lowest BCUT2D eigenvalue weighted by atomic mass is 10.2. The van der Waals surface area contributed by atoms with Crippen LogP contribution in [0.4, 0.5) is 4.39 Å². The first kappa shape index (κ1) is 14.4. The SMILES string of the molecule is CNS(=O)(=O)CCNCc1ccc(F)cc1Cl. The highest BCUT2D eigenvalue weighted by Gasteiger charge is 2.06. The van der Waals surface area contributed by atoms with Crippen LogP contribution in [0, 0.1) is 5.82 Å². The van der Waals surface area contributed by atoms with E-state index in [9.17, 15) is 12.8 Å². The van der Waals surface area contributed by atoms with Crippen molar-refractivity contribution in [3.63, 3.8) is 0 Å². The summed E-state index contributed by atoms with van der Waals surface area (Å²) < 4.78 is 37.2. The van der Waals surface area contributed by atoms with Gasteiger partial charge in [-0.3, -0.25) is 0 Å². The van der Waals surface area contributed by atoms with Crippen molar-refractivity contribution in [3.05, 3.63) is 34.6 Å². The Morgan fingerprint density at radius 2 is 2.12 bits per heavy atom. The Bertz CT molecular complexity index is 479. The van der Waals surface area contributed by atoms with Crippen LogP contribution < -0.4 is 10.0 Å². The van der Waals surface area contributed by atoms with Crippen LogP contribution in [0.25, 0.3) is 0 Å². The molecule has 0 unspecified atom stereocenters. The summed E-state index contributed by atoms with van der Waals surface area (Å²) in [6.07, 6.45) is 0. The van der Waals surface area contributed by atoms with Crippen LogP contribution in [0.1, 0.15) is 5.56 Å². The summed E-state index contributed by atoms with van der Waals surface area (Å²) in [6.45, 7) is 0.704. The Morgan fingerprint density at radius 3 is 2.71 bits per heavy atom. The molecule has 0 spiro atoms. The van der Waals surface area contributed by atoms with E-state index in [1.54, 1.807) is 6.07 Å². The molecule has 0 radical (unpaired) electrons. The molecule has 0 aliphatic carbocycles. The van der Waals surface area contributed by atoms with Crippen LogP contribution in [0.3, 0.4) is 0 Å². The van der Waals surface area contributed by atoms with Crippen molar-refractivity contribution in [2.75, 3.05) is 19.3 Å². The molecular formula is C10H14ClFN2O2S. The minimum Gasteiger partial charge on any atom is -0.312 e. The molecule has 1 rings (SSSR count). The molecule has 17 heavy (non-hydrogen) atoms. The van der Waals surface area contributed by atoms with Crippen molar-refractivity contribution in [2.24, 2.45) is 0 Å². The molecule has 0 aromatic heterocycles. The third-order valence-electron chi connectivity index (χ3n) is 2.19. The van der Waals surface area contributed by atoms with Crippen molar-refractivity contribution in [1.29, 1.82) is 0 Å². The molecule has 1 aromatic rings. The van der Waals surface area contributed by atoms with E-state index in [2.05, 4.69) is 10.0 Å². The van der Waals surface area contributed by atoms with Gasteiger partial charge in [0.05, 0.1) is 5.75 Å². The van der Waals surface area contributed by atoms with Crippen LogP contribution >= 0.6 is 11.6 Å². The van der Waals surface area contributed by atoms with Gasteiger partial charge >= 0.3 is 0 Å². The van der Waals surface area contributed by atoms with Crippen LogP contribution in [-0.2, 0) is 16.6 Å². The van der Waals surface area contributed by atoms with Gasteiger partial charge in [0.15, 0.2) is 0 Å². The molecule has 2 N–H and O–H groups in total. The molecule has 0 saturated carbocycles. The van der Waals surface area contributed by atoms with E-state index in [1.165, 1.54) is 19.2 Å². The largest absolute Gasteiger partial charge is 0.312 e. The normalized spacial score (nSPS) is 11.7. The number of hydrogen-bond acceptors (Lipinski definition) is 3. The summed E-state index contributed by atoms with van der Waals surface area (Å²) in [7, 11) is -1.83. The topological polar surface area (TPSA) is 58.2 Å². The van der Waals surface area contributed by atoms with Gasteiger partial charge in [-0.15, -0.1) is 0 Å². The van der Waals surface area contributed by atoms with E-state index in [-0.39, 0.29) is 5.75 Å². The van der Waals surface area contributed by atoms with Gasteiger partial charge in [-0.25, -0.2) is 17.5 Å². The molecular weight excluding hydrogens is 267 g/mol. The molecule has 0 saturated heterocycles. The zero-order valence-electron chi connectivity index (χ0n) is 9.33. The summed E-state index contributed by atoms with van der Waals surface area (Å²) in [4.78, 5) is 0. The molecule has 7 heteroatoms.